The molecule has 4 N–H and O–H groups in total. The molecule has 0 aliphatic heterocycles. The molecule has 0 aromatic heterocycles. The molecule has 0 heterocycles. The zero-order chi connectivity index (χ0) is 30.3. The predicted molar refractivity (Wildman–Crippen MR) is 155 cm³/mol. The van der Waals surface area contributed by atoms with Crippen molar-refractivity contribution in [1.82, 2.24) is 5.32 Å². The van der Waals surface area contributed by atoms with Crippen molar-refractivity contribution in [3.8, 4) is 5.75 Å². The first-order valence-electron chi connectivity index (χ1n) is 13.9. The molecule has 0 radical (unpaired) electrons. The number of benzene rings is 2. The van der Waals surface area contributed by atoms with Gasteiger partial charge in [0.05, 0.1) is 12.5 Å². The fraction of sp³-hybridized carbons (Fsp3) is 0.531. The summed E-state index contributed by atoms with van der Waals surface area (Å²) >= 11 is 0. The highest BCUT2D eigenvalue weighted by Crippen LogP contribution is 2.41. The van der Waals surface area contributed by atoms with E-state index in [1.165, 1.54) is 16.7 Å². The number of hydrogen-bond acceptors (Lipinski definition) is 5. The summed E-state index contributed by atoms with van der Waals surface area (Å²) in [7, 11) is 0. The number of carboxylic acids is 2. The van der Waals surface area contributed by atoms with Gasteiger partial charge in [-0.15, -0.1) is 0 Å². The molecule has 40 heavy (non-hydrogen) atoms. The quantitative estimate of drug-likeness (QED) is 0.253. The van der Waals surface area contributed by atoms with E-state index in [9.17, 15) is 19.5 Å². The maximum Gasteiger partial charge on any atom is 0.326 e. The van der Waals surface area contributed by atoms with E-state index in [-0.39, 0.29) is 16.9 Å². The van der Waals surface area contributed by atoms with Gasteiger partial charge < -0.3 is 25.4 Å². The molecule has 2 rings (SSSR count). The molecule has 220 valence electrons. The molecule has 0 aliphatic carbocycles. The van der Waals surface area contributed by atoms with E-state index in [4.69, 9.17) is 14.9 Å². The maximum absolute atomic E-state index is 12.2. The van der Waals surface area contributed by atoms with Crippen LogP contribution in [0.5, 0.6) is 5.75 Å². The fourth-order valence-electron chi connectivity index (χ4n) is 5.10. The number of carbonyl (C=O) groups excluding carboxylic acids is 1. The van der Waals surface area contributed by atoms with E-state index in [0.29, 0.717) is 12.2 Å². The summed E-state index contributed by atoms with van der Waals surface area (Å²) in [5.74, 6) is -2.95. The Hall–Kier alpha value is -3.39. The van der Waals surface area contributed by atoms with Gasteiger partial charge in [0.15, 0.2) is 6.61 Å². The molecule has 2 aromatic rings. The number of ether oxygens (including phenoxy) is 1. The van der Waals surface area contributed by atoms with Crippen LogP contribution in [0.25, 0.3) is 0 Å². The summed E-state index contributed by atoms with van der Waals surface area (Å²) < 4.78 is 5.66. The van der Waals surface area contributed by atoms with Crippen molar-refractivity contribution in [3.05, 3.63) is 64.2 Å². The molecular weight excluding hydrogens is 510 g/mol. The lowest BCUT2D eigenvalue weighted by atomic mass is 9.69. The third kappa shape index (κ3) is 8.31. The number of carboxylic acid groups (broad SMARTS) is 2. The van der Waals surface area contributed by atoms with Gasteiger partial charge in [0, 0.05) is 5.41 Å². The van der Waals surface area contributed by atoms with Gasteiger partial charge in [-0.1, -0.05) is 65.0 Å². The van der Waals surface area contributed by atoms with Crippen LogP contribution in [0.1, 0.15) is 88.1 Å². The summed E-state index contributed by atoms with van der Waals surface area (Å²) in [6, 6.07) is 11.0. The molecule has 0 saturated carbocycles. The fourth-order valence-corrected chi connectivity index (χ4v) is 5.10. The summed E-state index contributed by atoms with van der Waals surface area (Å²) in [6.45, 7) is 14.1. The average Bonchev–Trinajstić information content (AvgIpc) is 2.87. The number of carbonyl (C=O) groups is 3. The van der Waals surface area contributed by atoms with E-state index in [1.54, 1.807) is 0 Å². The first-order valence-corrected chi connectivity index (χ1v) is 13.9. The van der Waals surface area contributed by atoms with E-state index in [0.717, 1.165) is 30.4 Å². The number of hydrogen-bond donors (Lipinski definition) is 4. The monoisotopic (exact) mass is 555 g/mol. The molecule has 2 aromatic carbocycles. The number of aryl methyl sites for hydroxylation is 3. The van der Waals surface area contributed by atoms with Gasteiger partial charge in [-0.05, 0) is 78.8 Å². The SMILES string of the molecule is CCC(CC)(c1ccc(CCC(O)C(C)(C)C)c(C)c1)c1ccc(OCC(=O)N[C@@H](CC(=O)O)C(=O)O)c(C)c1. The third-order valence-corrected chi connectivity index (χ3v) is 7.89. The number of aliphatic hydroxyl groups excluding tert-OH is 1. The van der Waals surface area contributed by atoms with Gasteiger partial charge in [-0.3, -0.25) is 9.59 Å². The number of amides is 1. The zero-order valence-electron chi connectivity index (χ0n) is 24.8. The van der Waals surface area contributed by atoms with Crippen molar-refractivity contribution in [3.63, 3.8) is 0 Å². The van der Waals surface area contributed by atoms with Crippen molar-refractivity contribution < 1.29 is 34.4 Å². The number of rotatable bonds is 14. The lowest BCUT2D eigenvalue weighted by molar-refractivity contribution is -0.147. The zero-order valence-corrected chi connectivity index (χ0v) is 24.8. The molecule has 2 atom stereocenters. The van der Waals surface area contributed by atoms with Crippen LogP contribution in [0.15, 0.2) is 36.4 Å². The van der Waals surface area contributed by atoms with Crippen LogP contribution < -0.4 is 10.1 Å². The third-order valence-electron chi connectivity index (χ3n) is 7.89. The molecule has 8 heteroatoms. The second kappa shape index (κ2) is 13.8. The Morgan fingerprint density at radius 2 is 1.50 bits per heavy atom. The van der Waals surface area contributed by atoms with Crippen LogP contribution in [0.4, 0.5) is 0 Å². The van der Waals surface area contributed by atoms with E-state index >= 15 is 0 Å². The minimum atomic E-state index is -1.52. The second-order valence-corrected chi connectivity index (χ2v) is 11.7. The lowest BCUT2D eigenvalue weighted by Crippen LogP contribution is -2.44. The molecule has 1 unspecified atom stereocenters. The topological polar surface area (TPSA) is 133 Å². The Kier molecular flexibility index (Phi) is 11.3. The molecule has 0 bridgehead atoms. The van der Waals surface area contributed by atoms with Crippen molar-refractivity contribution >= 4 is 17.8 Å². The molecule has 8 nitrogen and oxygen atoms in total. The van der Waals surface area contributed by atoms with Crippen LogP contribution in [-0.2, 0) is 26.2 Å². The van der Waals surface area contributed by atoms with E-state index in [2.05, 4.69) is 71.1 Å². The first-order chi connectivity index (χ1) is 18.6. The number of aliphatic hydroxyl groups is 1. The van der Waals surface area contributed by atoms with Crippen molar-refractivity contribution in [2.45, 2.75) is 98.1 Å². The number of aliphatic carboxylic acids is 2. The first kappa shape index (κ1) is 32.8. The van der Waals surface area contributed by atoms with Gasteiger partial charge in [0.2, 0.25) is 0 Å². The normalized spacial score (nSPS) is 13.4. The van der Waals surface area contributed by atoms with Crippen LogP contribution in [0, 0.1) is 19.3 Å². The summed E-state index contributed by atoms with van der Waals surface area (Å²) in [5.41, 5.74) is 5.26. The largest absolute Gasteiger partial charge is 0.484 e. The van der Waals surface area contributed by atoms with Crippen LogP contribution in [-0.4, -0.2) is 51.9 Å². The molecular formula is C32H45NO7. The minimum Gasteiger partial charge on any atom is -0.484 e. The summed E-state index contributed by atoms with van der Waals surface area (Å²) in [6.07, 6.45) is 2.21. The average molecular weight is 556 g/mol. The van der Waals surface area contributed by atoms with E-state index in [1.807, 2.05) is 19.1 Å². The van der Waals surface area contributed by atoms with Gasteiger partial charge >= 0.3 is 11.9 Å². The van der Waals surface area contributed by atoms with Crippen LogP contribution in [0.3, 0.4) is 0 Å². The van der Waals surface area contributed by atoms with E-state index < -0.39 is 36.9 Å². The minimum absolute atomic E-state index is 0.147. The highest BCUT2D eigenvalue weighted by molar-refractivity contribution is 5.87. The second-order valence-electron chi connectivity index (χ2n) is 11.7. The van der Waals surface area contributed by atoms with Gasteiger partial charge in [0.1, 0.15) is 11.8 Å². The molecule has 0 aliphatic rings. The highest BCUT2D eigenvalue weighted by Gasteiger charge is 2.32. The molecule has 1 amide bonds. The smallest absolute Gasteiger partial charge is 0.326 e. The van der Waals surface area contributed by atoms with Crippen LogP contribution in [0.2, 0.25) is 0 Å². The van der Waals surface area contributed by atoms with Gasteiger partial charge in [-0.25, -0.2) is 4.79 Å². The lowest BCUT2D eigenvalue weighted by Gasteiger charge is -2.34. The highest BCUT2D eigenvalue weighted by atomic mass is 16.5. The molecule has 0 saturated heterocycles. The Morgan fingerprint density at radius 1 is 0.925 bits per heavy atom. The van der Waals surface area contributed by atoms with Crippen LogP contribution >= 0.6 is 0 Å². The Balaban J connectivity index is 2.22. The molecule has 0 spiro atoms. The Morgan fingerprint density at radius 3 is 1.98 bits per heavy atom. The summed E-state index contributed by atoms with van der Waals surface area (Å²) in [5, 5.41) is 30.6. The van der Waals surface area contributed by atoms with Crippen molar-refractivity contribution in [1.29, 1.82) is 0 Å². The van der Waals surface area contributed by atoms with Crippen molar-refractivity contribution in [2.24, 2.45) is 5.41 Å². The Bertz CT molecular complexity index is 1190. The van der Waals surface area contributed by atoms with Gasteiger partial charge in [0.25, 0.3) is 5.91 Å². The molecule has 0 fully saturated rings. The van der Waals surface area contributed by atoms with Gasteiger partial charge in [-0.2, -0.15) is 0 Å². The van der Waals surface area contributed by atoms with Crippen molar-refractivity contribution in [2.75, 3.05) is 6.61 Å². The Labute approximate surface area is 237 Å². The number of nitrogens with one attached hydrogen (secondary N) is 1. The summed E-state index contributed by atoms with van der Waals surface area (Å²) in [4.78, 5) is 34.3. The maximum atomic E-state index is 12.2. The predicted octanol–water partition coefficient (Wildman–Crippen LogP) is 5.17. The standard InChI is InChI=1S/C32H45NO7/c1-8-32(9-2,23-12-10-22(20(3)16-23)11-15-27(34)31(5,6)7)24-13-14-26(21(4)17-24)40-19-28(35)33-25(30(38)39)18-29(36)37/h10,12-14,16-17,25,27,34H,8-9,11,15,18-19H2,1-7H3,(H,33,35)(H,36,37)(H,38,39)/t25-,27?/m0/s1.